The van der Waals surface area contributed by atoms with Crippen LogP contribution in [0.15, 0.2) is 47.4 Å². The van der Waals surface area contributed by atoms with E-state index in [1.165, 1.54) is 16.7 Å². The van der Waals surface area contributed by atoms with Gasteiger partial charge in [-0.15, -0.1) is 0 Å². The quantitative estimate of drug-likeness (QED) is 0.378. The number of nitrogens with one attached hydrogen (secondary N) is 2. The second-order valence-corrected chi connectivity index (χ2v) is 6.94. The molecule has 1 heterocycles. The van der Waals surface area contributed by atoms with Crippen molar-refractivity contribution in [3.63, 3.8) is 0 Å². The van der Waals surface area contributed by atoms with E-state index in [2.05, 4.69) is 52.2 Å². The number of hydrogen-bond acceptors (Lipinski definition) is 6. The standard InChI is InChI=1S/C20H30N4OS.C2H6/c1-16(22)24-10-3-2-9-23-14-19-13-17(18-7-12-26-15-18)5-6-20(19)25-11-4-8-21;1-2/h5-7,12-13,15,23-24H,1-4,8-11,14,21-22H2;1-2H3. The highest BCUT2D eigenvalue weighted by Crippen LogP contribution is 2.28. The molecule has 156 valence electrons. The zero-order valence-corrected chi connectivity index (χ0v) is 18.1. The zero-order valence-electron chi connectivity index (χ0n) is 17.3. The maximum atomic E-state index is 5.92. The number of unbranched alkanes of at least 4 members (excludes halogenated alkanes) is 1. The first-order valence-electron chi connectivity index (χ1n) is 10.1. The minimum absolute atomic E-state index is 0.530. The summed E-state index contributed by atoms with van der Waals surface area (Å²) in [5.41, 5.74) is 14.7. The smallest absolute Gasteiger partial charge is 0.123 e. The number of ether oxygens (including phenoxy) is 1. The molecule has 5 nitrogen and oxygen atoms in total. The SMILES string of the molecule is C=C(N)NCCCCNCc1cc(-c2ccsc2)ccc1OCCCN.CC. The van der Waals surface area contributed by atoms with Crippen LogP contribution in [0.5, 0.6) is 5.75 Å². The average molecular weight is 405 g/mol. The van der Waals surface area contributed by atoms with Crippen molar-refractivity contribution in [3.8, 4) is 16.9 Å². The van der Waals surface area contributed by atoms with E-state index in [1.807, 2.05) is 13.8 Å². The molecule has 0 saturated carbocycles. The highest BCUT2D eigenvalue weighted by Gasteiger charge is 2.07. The molecule has 0 atom stereocenters. The number of hydrogen-bond donors (Lipinski definition) is 4. The van der Waals surface area contributed by atoms with Crippen molar-refractivity contribution in [2.75, 3.05) is 26.2 Å². The molecule has 6 N–H and O–H groups in total. The molecule has 0 saturated heterocycles. The predicted octanol–water partition coefficient (Wildman–Crippen LogP) is 4.06. The summed E-state index contributed by atoms with van der Waals surface area (Å²) in [6.07, 6.45) is 2.99. The Hall–Kier alpha value is -2.02. The Morgan fingerprint density at radius 1 is 1.11 bits per heavy atom. The van der Waals surface area contributed by atoms with Crippen LogP contribution in [0.2, 0.25) is 0 Å². The summed E-state index contributed by atoms with van der Waals surface area (Å²) in [5.74, 6) is 1.47. The van der Waals surface area contributed by atoms with Gasteiger partial charge in [0.1, 0.15) is 5.75 Å². The van der Waals surface area contributed by atoms with Gasteiger partial charge in [0.15, 0.2) is 0 Å². The molecule has 1 aromatic heterocycles. The monoisotopic (exact) mass is 404 g/mol. The lowest BCUT2D eigenvalue weighted by atomic mass is 10.0. The van der Waals surface area contributed by atoms with Gasteiger partial charge in [-0.3, -0.25) is 0 Å². The fourth-order valence-electron chi connectivity index (χ4n) is 2.58. The van der Waals surface area contributed by atoms with Crippen LogP contribution in [0.3, 0.4) is 0 Å². The Morgan fingerprint density at radius 3 is 2.57 bits per heavy atom. The third-order valence-corrected chi connectivity index (χ3v) is 4.65. The van der Waals surface area contributed by atoms with E-state index in [-0.39, 0.29) is 0 Å². The van der Waals surface area contributed by atoms with Gasteiger partial charge in [-0.05, 0) is 72.4 Å². The van der Waals surface area contributed by atoms with Crippen molar-refractivity contribution in [3.05, 3.63) is 53.0 Å². The van der Waals surface area contributed by atoms with Crippen LogP contribution in [-0.2, 0) is 6.54 Å². The fraction of sp³-hybridized carbons (Fsp3) is 0.455. The molecule has 2 rings (SSSR count). The van der Waals surface area contributed by atoms with Crippen LogP contribution >= 0.6 is 11.3 Å². The lowest BCUT2D eigenvalue weighted by molar-refractivity contribution is 0.309. The van der Waals surface area contributed by atoms with Crippen LogP contribution in [0.4, 0.5) is 0 Å². The summed E-state index contributed by atoms with van der Waals surface area (Å²) in [6.45, 7) is 11.5. The first kappa shape index (κ1) is 24.0. The molecule has 0 spiro atoms. The minimum atomic E-state index is 0.530. The summed E-state index contributed by atoms with van der Waals surface area (Å²) < 4.78 is 5.92. The van der Waals surface area contributed by atoms with E-state index >= 15 is 0 Å². The predicted molar refractivity (Wildman–Crippen MR) is 123 cm³/mol. The molecule has 0 unspecified atom stereocenters. The Labute approximate surface area is 174 Å². The Kier molecular flexibility index (Phi) is 12.8. The van der Waals surface area contributed by atoms with Gasteiger partial charge in [0, 0.05) is 18.7 Å². The van der Waals surface area contributed by atoms with Crippen LogP contribution in [0.1, 0.15) is 38.7 Å². The van der Waals surface area contributed by atoms with E-state index in [0.717, 1.165) is 44.6 Å². The highest BCUT2D eigenvalue weighted by molar-refractivity contribution is 7.08. The topological polar surface area (TPSA) is 85.3 Å². The molecule has 6 heteroatoms. The lowest BCUT2D eigenvalue weighted by Crippen LogP contribution is -2.21. The molecule has 0 radical (unpaired) electrons. The van der Waals surface area contributed by atoms with Crippen molar-refractivity contribution in [2.45, 2.75) is 39.7 Å². The molecule has 2 aromatic rings. The van der Waals surface area contributed by atoms with Gasteiger partial charge in [-0.2, -0.15) is 11.3 Å². The summed E-state index contributed by atoms with van der Waals surface area (Å²) in [4.78, 5) is 0. The molecular weight excluding hydrogens is 368 g/mol. The van der Waals surface area contributed by atoms with Gasteiger partial charge in [-0.25, -0.2) is 0 Å². The molecule has 1 aromatic carbocycles. The van der Waals surface area contributed by atoms with E-state index in [4.69, 9.17) is 16.2 Å². The van der Waals surface area contributed by atoms with Crippen molar-refractivity contribution >= 4 is 11.3 Å². The van der Waals surface area contributed by atoms with Gasteiger partial charge in [-0.1, -0.05) is 26.5 Å². The van der Waals surface area contributed by atoms with Crippen LogP contribution in [0.25, 0.3) is 11.1 Å². The molecular formula is C22H36N4OS. The fourth-order valence-corrected chi connectivity index (χ4v) is 3.24. The molecule has 0 fully saturated rings. The third-order valence-electron chi connectivity index (χ3n) is 3.97. The van der Waals surface area contributed by atoms with Gasteiger partial charge >= 0.3 is 0 Å². The van der Waals surface area contributed by atoms with Crippen molar-refractivity contribution in [1.29, 1.82) is 0 Å². The van der Waals surface area contributed by atoms with Gasteiger partial charge in [0.2, 0.25) is 0 Å². The van der Waals surface area contributed by atoms with E-state index in [1.54, 1.807) is 11.3 Å². The van der Waals surface area contributed by atoms with Crippen LogP contribution in [0, 0.1) is 0 Å². The third kappa shape index (κ3) is 9.26. The van der Waals surface area contributed by atoms with Gasteiger partial charge in [0.25, 0.3) is 0 Å². The van der Waals surface area contributed by atoms with E-state index in [0.29, 0.717) is 19.0 Å². The second-order valence-electron chi connectivity index (χ2n) is 6.16. The average Bonchev–Trinajstić information content (AvgIpc) is 3.24. The Balaban J connectivity index is 0.00000190. The van der Waals surface area contributed by atoms with Gasteiger partial charge < -0.3 is 26.8 Å². The Bertz CT molecular complexity index is 659. The largest absolute Gasteiger partial charge is 0.493 e. The van der Waals surface area contributed by atoms with Gasteiger partial charge in [0.05, 0.1) is 12.4 Å². The maximum absolute atomic E-state index is 5.92. The summed E-state index contributed by atoms with van der Waals surface area (Å²) in [5, 5.41) is 10.8. The zero-order chi connectivity index (χ0) is 20.6. The van der Waals surface area contributed by atoms with Crippen molar-refractivity contribution < 1.29 is 4.74 Å². The van der Waals surface area contributed by atoms with E-state index in [9.17, 15) is 0 Å². The van der Waals surface area contributed by atoms with E-state index < -0.39 is 0 Å². The number of nitrogens with two attached hydrogens (primary N) is 2. The summed E-state index contributed by atoms with van der Waals surface area (Å²) in [6, 6.07) is 8.54. The number of thiophene rings is 1. The van der Waals surface area contributed by atoms with Crippen molar-refractivity contribution in [2.24, 2.45) is 11.5 Å². The normalized spacial score (nSPS) is 10.1. The minimum Gasteiger partial charge on any atom is -0.493 e. The van der Waals surface area contributed by atoms with Crippen molar-refractivity contribution in [1.82, 2.24) is 10.6 Å². The molecule has 28 heavy (non-hydrogen) atoms. The molecule has 0 aliphatic heterocycles. The van der Waals surface area contributed by atoms with Crippen LogP contribution < -0.4 is 26.8 Å². The number of benzene rings is 1. The molecule has 0 aliphatic rings. The first-order chi connectivity index (χ1) is 13.7. The van der Waals surface area contributed by atoms with Crippen LogP contribution in [-0.4, -0.2) is 26.2 Å². The summed E-state index contributed by atoms with van der Waals surface area (Å²) >= 11 is 1.71. The molecule has 0 bridgehead atoms. The second kappa shape index (κ2) is 15.0. The first-order valence-corrected chi connectivity index (χ1v) is 11.0. The highest BCUT2D eigenvalue weighted by atomic mass is 32.1. The maximum Gasteiger partial charge on any atom is 0.123 e. The lowest BCUT2D eigenvalue weighted by Gasteiger charge is -2.14. The number of rotatable bonds is 13. The molecule has 0 amide bonds. The molecule has 0 aliphatic carbocycles. The Morgan fingerprint density at radius 2 is 1.89 bits per heavy atom. The summed E-state index contributed by atoms with van der Waals surface area (Å²) in [7, 11) is 0.